The molecule has 7 nitrogen and oxygen atoms in total. The van der Waals surface area contributed by atoms with Crippen molar-refractivity contribution in [2.45, 2.75) is 0 Å². The Morgan fingerprint density at radius 2 is 2.26 bits per heavy atom. The minimum atomic E-state index is 0.00211. The van der Waals surface area contributed by atoms with Gasteiger partial charge in [0.2, 0.25) is 5.78 Å². The molecule has 0 spiro atoms. The normalized spacial score (nSPS) is 20.4. The van der Waals surface area contributed by atoms with Crippen LogP contribution in [0.25, 0.3) is 0 Å². The number of hydrogen-bond acceptors (Lipinski definition) is 6. The zero-order valence-corrected chi connectivity index (χ0v) is 9.89. The monoisotopic (exact) mass is 254 g/mol. The van der Waals surface area contributed by atoms with Crippen molar-refractivity contribution in [3.05, 3.63) is 54.5 Å². The topological polar surface area (TPSA) is 65.8 Å². The molecule has 94 valence electrons. The van der Waals surface area contributed by atoms with Crippen LogP contribution in [0.2, 0.25) is 0 Å². The van der Waals surface area contributed by atoms with Crippen molar-refractivity contribution < 1.29 is 4.79 Å². The Bertz CT molecular complexity index is 666. The van der Waals surface area contributed by atoms with Gasteiger partial charge in [0.25, 0.3) is 0 Å². The van der Waals surface area contributed by atoms with E-state index in [0.29, 0.717) is 5.70 Å². The van der Waals surface area contributed by atoms with Gasteiger partial charge in [0, 0.05) is 37.2 Å². The molecule has 7 heteroatoms. The molecule has 3 aliphatic heterocycles. The first kappa shape index (κ1) is 10.1. The molecule has 0 atom stereocenters. The lowest BCUT2D eigenvalue weighted by molar-refractivity contribution is -0.114. The molecule has 0 saturated heterocycles. The summed E-state index contributed by atoms with van der Waals surface area (Å²) in [5.74, 6) is 0.889. The number of allylic oxidation sites excluding steroid dienone is 1. The lowest BCUT2D eigenvalue weighted by Crippen LogP contribution is -2.39. The number of Topliss-reactive ketones (excluding diaryl/α,β-unsaturated/α-hetero) is 1. The second kappa shape index (κ2) is 3.58. The van der Waals surface area contributed by atoms with Crippen molar-refractivity contribution in [2.75, 3.05) is 11.6 Å². The first-order valence-corrected chi connectivity index (χ1v) is 5.83. The van der Waals surface area contributed by atoms with Gasteiger partial charge < -0.3 is 5.32 Å². The summed E-state index contributed by atoms with van der Waals surface area (Å²) in [5.41, 5.74) is 1.36. The minimum absolute atomic E-state index is 0.00211. The van der Waals surface area contributed by atoms with E-state index in [9.17, 15) is 4.79 Å². The fourth-order valence-electron chi connectivity index (χ4n) is 2.28. The third-order valence-electron chi connectivity index (χ3n) is 3.17. The molecule has 1 aromatic heterocycles. The molecule has 1 aromatic rings. The molecule has 19 heavy (non-hydrogen) atoms. The molecule has 4 rings (SSSR count). The van der Waals surface area contributed by atoms with Crippen LogP contribution in [-0.4, -0.2) is 33.1 Å². The zero-order valence-electron chi connectivity index (χ0n) is 9.89. The van der Waals surface area contributed by atoms with Gasteiger partial charge in [-0.25, -0.2) is 14.7 Å². The number of hydrogen-bond donors (Lipinski definition) is 1. The van der Waals surface area contributed by atoms with E-state index in [1.54, 1.807) is 24.9 Å². The first-order chi connectivity index (χ1) is 9.34. The SMILES string of the molecule is O=C1CN=CC2=C1NC=C1N2C=CN1n1ccnc1. The molecule has 0 aromatic carbocycles. The molecule has 0 bridgehead atoms. The Labute approximate surface area is 108 Å². The number of fused-ring (bicyclic) bond motifs is 2. The summed E-state index contributed by atoms with van der Waals surface area (Å²) >= 11 is 0. The number of aliphatic imine (C=N–C) groups is 1. The standard InChI is InChI=1S/C12H10N6O/c19-10-6-14-5-9-12(10)15-7-11-17(9)3-4-18(11)16-2-1-13-8-16/h1-5,7-8,15H,6H2. The van der Waals surface area contributed by atoms with Crippen LogP contribution < -0.4 is 10.3 Å². The fraction of sp³-hybridized carbons (Fsp3) is 0.0833. The summed E-state index contributed by atoms with van der Waals surface area (Å²) in [6.07, 6.45) is 12.6. The van der Waals surface area contributed by atoms with Gasteiger partial charge in [-0.3, -0.25) is 14.7 Å². The summed E-state index contributed by atoms with van der Waals surface area (Å²) in [7, 11) is 0. The smallest absolute Gasteiger partial charge is 0.202 e. The number of ketones is 1. The molecule has 1 N–H and O–H groups in total. The van der Waals surface area contributed by atoms with Crippen molar-refractivity contribution >= 4 is 12.0 Å². The zero-order chi connectivity index (χ0) is 12.8. The van der Waals surface area contributed by atoms with Crippen molar-refractivity contribution in [1.29, 1.82) is 0 Å². The largest absolute Gasteiger partial charge is 0.354 e. The molecule has 0 fully saturated rings. The molecular weight excluding hydrogens is 244 g/mol. The molecule has 4 heterocycles. The number of carbonyl (C=O) groups excluding carboxylic acids is 1. The Hall–Kier alpha value is -2.83. The number of aromatic nitrogens is 2. The van der Waals surface area contributed by atoms with Gasteiger partial charge in [-0.05, 0) is 0 Å². The van der Waals surface area contributed by atoms with E-state index in [2.05, 4.69) is 15.3 Å². The summed E-state index contributed by atoms with van der Waals surface area (Å²) in [6.45, 7) is 0.206. The molecule has 3 aliphatic rings. The van der Waals surface area contributed by atoms with Crippen LogP contribution in [0, 0.1) is 0 Å². The number of dihydropyridines is 1. The number of rotatable bonds is 1. The Balaban J connectivity index is 1.74. The van der Waals surface area contributed by atoms with E-state index in [1.807, 2.05) is 33.2 Å². The second-order valence-corrected chi connectivity index (χ2v) is 4.26. The second-order valence-electron chi connectivity index (χ2n) is 4.26. The van der Waals surface area contributed by atoms with Gasteiger partial charge in [-0.2, -0.15) is 0 Å². The maximum Gasteiger partial charge on any atom is 0.202 e. The molecular formula is C12H10N6O. The van der Waals surface area contributed by atoms with E-state index in [0.717, 1.165) is 11.5 Å². The van der Waals surface area contributed by atoms with Crippen LogP contribution in [0.4, 0.5) is 0 Å². The summed E-state index contributed by atoms with van der Waals surface area (Å²) in [4.78, 5) is 21.8. The Morgan fingerprint density at radius 1 is 1.32 bits per heavy atom. The molecule has 0 saturated carbocycles. The van der Waals surface area contributed by atoms with Crippen LogP contribution in [-0.2, 0) is 4.79 Å². The van der Waals surface area contributed by atoms with Gasteiger partial charge in [0.05, 0.1) is 5.70 Å². The lowest BCUT2D eigenvalue weighted by Gasteiger charge is -2.31. The Kier molecular flexibility index (Phi) is 1.91. The van der Waals surface area contributed by atoms with Crippen LogP contribution >= 0.6 is 0 Å². The van der Waals surface area contributed by atoms with E-state index in [-0.39, 0.29) is 12.3 Å². The summed E-state index contributed by atoms with van der Waals surface area (Å²) < 4.78 is 1.84. The first-order valence-electron chi connectivity index (χ1n) is 5.83. The highest BCUT2D eigenvalue weighted by atomic mass is 16.1. The van der Waals surface area contributed by atoms with Crippen LogP contribution in [0.5, 0.6) is 0 Å². The van der Waals surface area contributed by atoms with E-state index in [4.69, 9.17) is 0 Å². The molecule has 0 amide bonds. The predicted molar refractivity (Wildman–Crippen MR) is 68.0 cm³/mol. The number of nitrogens with one attached hydrogen (secondary N) is 1. The lowest BCUT2D eigenvalue weighted by atomic mass is 10.1. The molecule has 0 radical (unpaired) electrons. The van der Waals surface area contributed by atoms with E-state index >= 15 is 0 Å². The highest BCUT2D eigenvalue weighted by Gasteiger charge is 2.31. The van der Waals surface area contributed by atoms with Gasteiger partial charge in [-0.15, -0.1) is 0 Å². The van der Waals surface area contributed by atoms with Gasteiger partial charge in [-0.1, -0.05) is 0 Å². The quantitative estimate of drug-likeness (QED) is 0.756. The summed E-state index contributed by atoms with van der Waals surface area (Å²) in [5, 5.41) is 4.97. The average Bonchev–Trinajstić information content (AvgIpc) is 3.07. The van der Waals surface area contributed by atoms with Gasteiger partial charge in [0.15, 0.2) is 5.82 Å². The molecule has 0 unspecified atom stereocenters. The fourth-order valence-corrected chi connectivity index (χ4v) is 2.28. The number of imidazole rings is 1. The third kappa shape index (κ3) is 1.35. The van der Waals surface area contributed by atoms with Crippen LogP contribution in [0.1, 0.15) is 0 Å². The van der Waals surface area contributed by atoms with Gasteiger partial charge >= 0.3 is 0 Å². The van der Waals surface area contributed by atoms with Crippen molar-refractivity contribution in [2.24, 2.45) is 4.99 Å². The van der Waals surface area contributed by atoms with Crippen molar-refractivity contribution in [1.82, 2.24) is 19.9 Å². The van der Waals surface area contributed by atoms with E-state index < -0.39 is 0 Å². The highest BCUT2D eigenvalue weighted by Crippen LogP contribution is 2.28. The van der Waals surface area contributed by atoms with Crippen LogP contribution in [0.15, 0.2) is 59.5 Å². The van der Waals surface area contributed by atoms with Crippen LogP contribution in [0.3, 0.4) is 0 Å². The number of nitrogens with zero attached hydrogens (tertiary/aromatic N) is 5. The minimum Gasteiger partial charge on any atom is -0.354 e. The van der Waals surface area contributed by atoms with Crippen molar-refractivity contribution in [3.63, 3.8) is 0 Å². The maximum atomic E-state index is 11.8. The number of carbonyl (C=O) groups is 1. The Morgan fingerprint density at radius 3 is 3.11 bits per heavy atom. The maximum absolute atomic E-state index is 11.8. The van der Waals surface area contributed by atoms with Gasteiger partial charge in [0.1, 0.15) is 18.6 Å². The highest BCUT2D eigenvalue weighted by molar-refractivity contribution is 6.05. The van der Waals surface area contributed by atoms with Crippen molar-refractivity contribution in [3.8, 4) is 0 Å². The van der Waals surface area contributed by atoms with E-state index in [1.165, 1.54) is 0 Å². The predicted octanol–water partition coefficient (Wildman–Crippen LogP) is -0.125. The summed E-state index contributed by atoms with van der Waals surface area (Å²) in [6, 6.07) is 0. The molecule has 0 aliphatic carbocycles. The third-order valence-corrected chi connectivity index (χ3v) is 3.17. The average molecular weight is 254 g/mol.